The van der Waals surface area contributed by atoms with E-state index in [4.69, 9.17) is 11.5 Å². The third-order valence-corrected chi connectivity index (χ3v) is 1.06. The summed E-state index contributed by atoms with van der Waals surface area (Å²) in [5.41, 5.74) is 10.4. The van der Waals surface area contributed by atoms with E-state index < -0.39 is 6.43 Å². The van der Waals surface area contributed by atoms with E-state index in [1.807, 2.05) is 0 Å². The molecule has 0 amide bonds. The van der Waals surface area contributed by atoms with Gasteiger partial charge in [0.25, 0.3) is 0 Å². The zero-order valence-corrected chi connectivity index (χ0v) is 5.19. The first-order valence-corrected chi connectivity index (χ1v) is 2.90. The largest absolute Gasteiger partial charge is 0.329 e. The van der Waals surface area contributed by atoms with Crippen molar-refractivity contribution in [1.29, 1.82) is 0 Å². The van der Waals surface area contributed by atoms with Crippen LogP contribution in [0.15, 0.2) is 0 Å². The molecular formula is C5H12F2N2. The smallest absolute Gasteiger partial charge is 0.238 e. The minimum absolute atomic E-state index is 0.141. The average molecular weight is 138 g/mol. The highest BCUT2D eigenvalue weighted by Gasteiger charge is 2.05. The molecule has 0 saturated carbocycles. The molecule has 0 rings (SSSR count). The van der Waals surface area contributed by atoms with Gasteiger partial charge in [-0.2, -0.15) is 0 Å². The average Bonchev–Trinajstić information content (AvgIpc) is 1.83. The topological polar surface area (TPSA) is 52.0 Å². The van der Waals surface area contributed by atoms with Crippen molar-refractivity contribution in [3.63, 3.8) is 0 Å². The summed E-state index contributed by atoms with van der Waals surface area (Å²) < 4.78 is 22.9. The fourth-order valence-electron chi connectivity index (χ4n) is 0.458. The second-order valence-corrected chi connectivity index (χ2v) is 1.96. The SMILES string of the molecule is NC[C@H](N)CCC(F)F. The quantitative estimate of drug-likeness (QED) is 0.587. The molecule has 0 heterocycles. The molecule has 0 aromatic rings. The Balaban J connectivity index is 3.06. The Hall–Kier alpha value is -0.220. The molecule has 0 fully saturated rings. The van der Waals surface area contributed by atoms with Gasteiger partial charge in [0.15, 0.2) is 0 Å². The molecule has 56 valence electrons. The number of nitrogens with two attached hydrogens (primary N) is 2. The van der Waals surface area contributed by atoms with Crippen LogP contribution in [0.4, 0.5) is 8.78 Å². The molecule has 0 bridgehead atoms. The molecule has 2 nitrogen and oxygen atoms in total. The van der Waals surface area contributed by atoms with Gasteiger partial charge in [0.1, 0.15) is 0 Å². The van der Waals surface area contributed by atoms with Gasteiger partial charge >= 0.3 is 0 Å². The molecule has 0 saturated heterocycles. The second kappa shape index (κ2) is 4.64. The zero-order chi connectivity index (χ0) is 7.28. The highest BCUT2D eigenvalue weighted by Crippen LogP contribution is 2.03. The summed E-state index contributed by atoms with van der Waals surface area (Å²) in [6.45, 7) is 0.284. The highest BCUT2D eigenvalue weighted by atomic mass is 19.3. The van der Waals surface area contributed by atoms with Gasteiger partial charge in [-0.05, 0) is 6.42 Å². The summed E-state index contributed by atoms with van der Waals surface area (Å²) >= 11 is 0. The van der Waals surface area contributed by atoms with Gasteiger partial charge in [-0.15, -0.1) is 0 Å². The first kappa shape index (κ1) is 8.78. The first-order valence-electron chi connectivity index (χ1n) is 2.90. The second-order valence-electron chi connectivity index (χ2n) is 1.96. The van der Waals surface area contributed by atoms with Crippen molar-refractivity contribution in [3.8, 4) is 0 Å². The van der Waals surface area contributed by atoms with Gasteiger partial charge in [-0.25, -0.2) is 8.78 Å². The van der Waals surface area contributed by atoms with Gasteiger partial charge in [-0.1, -0.05) is 0 Å². The van der Waals surface area contributed by atoms with E-state index >= 15 is 0 Å². The van der Waals surface area contributed by atoms with E-state index in [1.54, 1.807) is 0 Å². The molecule has 4 N–H and O–H groups in total. The van der Waals surface area contributed by atoms with Gasteiger partial charge in [-0.3, -0.25) is 0 Å². The van der Waals surface area contributed by atoms with Gasteiger partial charge < -0.3 is 11.5 Å². The fraction of sp³-hybridized carbons (Fsp3) is 1.00. The van der Waals surface area contributed by atoms with Crippen molar-refractivity contribution in [2.24, 2.45) is 11.5 Å². The third kappa shape index (κ3) is 5.65. The van der Waals surface area contributed by atoms with Crippen molar-refractivity contribution in [2.45, 2.75) is 25.3 Å². The monoisotopic (exact) mass is 138 g/mol. The van der Waals surface area contributed by atoms with Crippen LogP contribution in [0.25, 0.3) is 0 Å². The molecular weight excluding hydrogens is 126 g/mol. The molecule has 9 heavy (non-hydrogen) atoms. The summed E-state index contributed by atoms with van der Waals surface area (Å²) in [5, 5.41) is 0. The Bertz CT molecular complexity index is 68.0. The van der Waals surface area contributed by atoms with Gasteiger partial charge in [0.2, 0.25) is 6.43 Å². The molecule has 0 aliphatic heterocycles. The number of alkyl halides is 2. The lowest BCUT2D eigenvalue weighted by atomic mass is 10.2. The predicted octanol–water partition coefficient (Wildman–Crippen LogP) is 0.318. The standard InChI is InChI=1S/C5H12F2N2/c6-5(7)2-1-4(9)3-8/h4-5H,1-3,8-9H2/t4-/m1/s1. The van der Waals surface area contributed by atoms with Crippen LogP contribution in [0.2, 0.25) is 0 Å². The summed E-state index contributed by atoms with van der Waals surface area (Å²) in [4.78, 5) is 0. The van der Waals surface area contributed by atoms with Crippen molar-refractivity contribution in [2.75, 3.05) is 6.54 Å². The minimum Gasteiger partial charge on any atom is -0.329 e. The minimum atomic E-state index is -2.25. The molecule has 0 aromatic carbocycles. The van der Waals surface area contributed by atoms with Crippen molar-refractivity contribution < 1.29 is 8.78 Å². The highest BCUT2D eigenvalue weighted by molar-refractivity contribution is 4.61. The Morgan fingerprint density at radius 2 is 1.78 bits per heavy atom. The summed E-state index contributed by atoms with van der Waals surface area (Å²) in [5.74, 6) is 0. The lowest BCUT2D eigenvalue weighted by Crippen LogP contribution is -2.29. The molecule has 0 spiro atoms. The van der Waals surface area contributed by atoms with Crippen molar-refractivity contribution in [1.82, 2.24) is 0 Å². The Labute approximate surface area is 53.2 Å². The molecule has 0 aromatic heterocycles. The van der Waals surface area contributed by atoms with E-state index in [1.165, 1.54) is 0 Å². The van der Waals surface area contributed by atoms with Crippen LogP contribution in [0.5, 0.6) is 0 Å². The predicted molar refractivity (Wildman–Crippen MR) is 32.3 cm³/mol. The maximum Gasteiger partial charge on any atom is 0.238 e. The Morgan fingerprint density at radius 3 is 2.11 bits per heavy atom. The molecule has 0 aliphatic carbocycles. The van der Waals surface area contributed by atoms with Gasteiger partial charge in [0, 0.05) is 19.0 Å². The lowest BCUT2D eigenvalue weighted by molar-refractivity contribution is 0.132. The molecule has 0 aliphatic rings. The van der Waals surface area contributed by atoms with E-state index in [0.29, 0.717) is 6.42 Å². The van der Waals surface area contributed by atoms with E-state index in [0.717, 1.165) is 0 Å². The van der Waals surface area contributed by atoms with E-state index in [-0.39, 0.29) is 19.0 Å². The first-order chi connectivity index (χ1) is 4.16. The van der Waals surface area contributed by atoms with E-state index in [2.05, 4.69) is 0 Å². The normalized spacial score (nSPS) is 14.3. The molecule has 0 unspecified atom stereocenters. The van der Waals surface area contributed by atoms with E-state index in [9.17, 15) is 8.78 Å². The maximum absolute atomic E-state index is 11.4. The molecule has 1 atom stereocenters. The van der Waals surface area contributed by atoms with Crippen LogP contribution in [0.1, 0.15) is 12.8 Å². The maximum atomic E-state index is 11.4. The molecule has 0 radical (unpaired) electrons. The Morgan fingerprint density at radius 1 is 1.22 bits per heavy atom. The number of rotatable bonds is 4. The van der Waals surface area contributed by atoms with Crippen LogP contribution < -0.4 is 11.5 Å². The zero-order valence-electron chi connectivity index (χ0n) is 5.19. The number of halogens is 2. The molecule has 4 heteroatoms. The third-order valence-electron chi connectivity index (χ3n) is 1.06. The van der Waals surface area contributed by atoms with Crippen molar-refractivity contribution >= 4 is 0 Å². The van der Waals surface area contributed by atoms with Crippen LogP contribution in [0.3, 0.4) is 0 Å². The van der Waals surface area contributed by atoms with Crippen molar-refractivity contribution in [3.05, 3.63) is 0 Å². The van der Waals surface area contributed by atoms with Crippen LogP contribution in [-0.2, 0) is 0 Å². The Kier molecular flexibility index (Phi) is 4.53. The fourth-order valence-corrected chi connectivity index (χ4v) is 0.458. The number of hydrogen-bond acceptors (Lipinski definition) is 2. The summed E-state index contributed by atoms with van der Waals surface area (Å²) in [7, 11) is 0. The summed E-state index contributed by atoms with van der Waals surface area (Å²) in [6, 6.07) is -0.265. The van der Waals surface area contributed by atoms with Crippen LogP contribution >= 0.6 is 0 Å². The number of hydrogen-bond donors (Lipinski definition) is 2. The van der Waals surface area contributed by atoms with Crippen LogP contribution in [0, 0.1) is 0 Å². The van der Waals surface area contributed by atoms with Crippen LogP contribution in [-0.4, -0.2) is 19.0 Å². The summed E-state index contributed by atoms with van der Waals surface area (Å²) in [6.07, 6.45) is -2.07. The lowest BCUT2D eigenvalue weighted by Gasteiger charge is -2.06. The van der Waals surface area contributed by atoms with Gasteiger partial charge in [0.05, 0.1) is 0 Å².